The van der Waals surface area contributed by atoms with Crippen LogP contribution in [0.3, 0.4) is 0 Å². The van der Waals surface area contributed by atoms with Gasteiger partial charge < -0.3 is 14.7 Å². The lowest BCUT2D eigenvalue weighted by Gasteiger charge is -2.44. The van der Waals surface area contributed by atoms with Crippen molar-refractivity contribution in [2.24, 2.45) is 5.92 Å². The molecule has 3 amide bonds. The topological polar surface area (TPSA) is 60.9 Å². The Morgan fingerprint density at radius 1 is 0.886 bits per heavy atom. The predicted molar refractivity (Wildman–Crippen MR) is 138 cm³/mol. The highest BCUT2D eigenvalue weighted by atomic mass is 35.5. The molecular weight excluding hydrogens is 485 g/mol. The first kappa shape index (κ1) is 25.5. The van der Waals surface area contributed by atoms with Crippen molar-refractivity contribution < 1.29 is 14.4 Å². The van der Waals surface area contributed by atoms with Crippen LogP contribution in [0.1, 0.15) is 48.0 Å². The van der Waals surface area contributed by atoms with Crippen LogP contribution >= 0.6 is 23.2 Å². The van der Waals surface area contributed by atoms with Crippen LogP contribution in [-0.2, 0) is 9.59 Å². The molecule has 2 saturated heterocycles. The summed E-state index contributed by atoms with van der Waals surface area (Å²) in [5, 5.41) is 0.932. The molecular formula is C27H31Cl2N3O3. The van der Waals surface area contributed by atoms with Gasteiger partial charge in [0.1, 0.15) is 0 Å². The second-order valence-electron chi connectivity index (χ2n) is 9.48. The molecule has 6 nitrogen and oxygen atoms in total. The van der Waals surface area contributed by atoms with Crippen molar-refractivity contribution >= 4 is 40.9 Å². The van der Waals surface area contributed by atoms with E-state index >= 15 is 0 Å². The standard InChI is InChI=1S/C27H31Cl2N3O3/c1-18(33)31-13-10-20(11-14-31)27(35)32-15-12-25(30(2)26(34)19-6-4-3-5-7-19)22(17-32)21-8-9-23(28)24(29)16-21/h3-9,16,20,22,25H,10-15,17H2,1-2H3/t22-,25+/m0/s1. The van der Waals surface area contributed by atoms with Crippen LogP contribution in [0.25, 0.3) is 0 Å². The highest BCUT2D eigenvalue weighted by molar-refractivity contribution is 6.42. The fraction of sp³-hybridized carbons (Fsp3) is 0.444. The average Bonchev–Trinajstić information content (AvgIpc) is 2.89. The smallest absolute Gasteiger partial charge is 0.253 e. The summed E-state index contributed by atoms with van der Waals surface area (Å²) < 4.78 is 0. The highest BCUT2D eigenvalue weighted by Crippen LogP contribution is 2.35. The molecule has 0 saturated carbocycles. The Hall–Kier alpha value is -2.57. The van der Waals surface area contributed by atoms with E-state index in [0.717, 1.165) is 5.56 Å². The van der Waals surface area contributed by atoms with Gasteiger partial charge in [-0.1, -0.05) is 47.5 Å². The molecule has 0 unspecified atom stereocenters. The molecule has 2 aliphatic heterocycles. The number of nitrogens with zero attached hydrogens (tertiary/aromatic N) is 3. The number of benzene rings is 2. The zero-order valence-electron chi connectivity index (χ0n) is 20.1. The van der Waals surface area contributed by atoms with E-state index in [4.69, 9.17) is 23.2 Å². The van der Waals surface area contributed by atoms with Crippen molar-refractivity contribution in [1.82, 2.24) is 14.7 Å². The van der Waals surface area contributed by atoms with Crippen LogP contribution in [0.2, 0.25) is 10.0 Å². The number of carbonyl (C=O) groups excluding carboxylic acids is 3. The molecule has 186 valence electrons. The Morgan fingerprint density at radius 2 is 1.54 bits per heavy atom. The first-order valence-electron chi connectivity index (χ1n) is 12.1. The van der Waals surface area contributed by atoms with Crippen LogP contribution in [-0.4, -0.2) is 71.7 Å². The third-order valence-electron chi connectivity index (χ3n) is 7.39. The molecule has 0 aliphatic carbocycles. The summed E-state index contributed by atoms with van der Waals surface area (Å²) in [6, 6.07) is 14.7. The molecule has 4 rings (SSSR count). The normalized spacial score (nSPS) is 21.0. The summed E-state index contributed by atoms with van der Waals surface area (Å²) in [5.74, 6) is -0.0361. The number of likely N-dealkylation sites (tertiary alicyclic amines) is 2. The Bertz CT molecular complexity index is 1090. The van der Waals surface area contributed by atoms with Gasteiger partial charge in [0, 0.05) is 63.6 Å². The maximum Gasteiger partial charge on any atom is 0.253 e. The number of hydrogen-bond donors (Lipinski definition) is 0. The van der Waals surface area contributed by atoms with Crippen molar-refractivity contribution in [2.45, 2.75) is 38.1 Å². The molecule has 2 aliphatic rings. The summed E-state index contributed by atoms with van der Waals surface area (Å²) in [4.78, 5) is 43.9. The first-order chi connectivity index (χ1) is 16.8. The van der Waals surface area contributed by atoms with Gasteiger partial charge in [-0.15, -0.1) is 0 Å². The van der Waals surface area contributed by atoms with Gasteiger partial charge >= 0.3 is 0 Å². The van der Waals surface area contributed by atoms with Crippen LogP contribution in [0.15, 0.2) is 48.5 Å². The lowest BCUT2D eigenvalue weighted by atomic mass is 9.83. The van der Waals surface area contributed by atoms with Gasteiger partial charge in [0.25, 0.3) is 5.91 Å². The number of amides is 3. The van der Waals surface area contributed by atoms with Crippen LogP contribution in [0, 0.1) is 5.92 Å². The molecule has 2 aromatic carbocycles. The summed E-state index contributed by atoms with van der Waals surface area (Å²) in [6.07, 6.45) is 2.03. The Labute approximate surface area is 216 Å². The zero-order valence-corrected chi connectivity index (χ0v) is 21.6. The minimum atomic E-state index is -0.0996. The third kappa shape index (κ3) is 5.65. The lowest BCUT2D eigenvalue weighted by Crippen LogP contribution is -2.53. The summed E-state index contributed by atoms with van der Waals surface area (Å²) in [5.41, 5.74) is 1.60. The molecule has 2 heterocycles. The highest BCUT2D eigenvalue weighted by Gasteiger charge is 2.39. The molecule has 35 heavy (non-hydrogen) atoms. The van der Waals surface area contributed by atoms with Gasteiger partial charge in [-0.05, 0) is 49.1 Å². The molecule has 2 atom stereocenters. The molecule has 0 N–H and O–H groups in total. The largest absolute Gasteiger partial charge is 0.343 e. The average molecular weight is 516 g/mol. The van der Waals surface area contributed by atoms with E-state index in [1.165, 1.54) is 0 Å². The number of piperidine rings is 2. The quantitative estimate of drug-likeness (QED) is 0.592. The second-order valence-corrected chi connectivity index (χ2v) is 10.3. The van der Waals surface area contributed by atoms with E-state index in [1.807, 2.05) is 54.4 Å². The molecule has 0 aromatic heterocycles. The molecule has 2 fully saturated rings. The maximum atomic E-state index is 13.5. The SMILES string of the molecule is CC(=O)N1CCC(C(=O)N2CC[C@@H](N(C)C(=O)c3ccccc3)[C@H](c3ccc(Cl)c(Cl)c3)C2)CC1. The third-order valence-corrected chi connectivity index (χ3v) is 8.13. The second kappa shape index (κ2) is 11.0. The minimum absolute atomic E-state index is 0.0444. The predicted octanol–water partition coefficient (Wildman–Crippen LogP) is 4.71. The van der Waals surface area contributed by atoms with Gasteiger partial charge in [-0.3, -0.25) is 14.4 Å². The van der Waals surface area contributed by atoms with Crippen LogP contribution in [0.4, 0.5) is 0 Å². The number of likely N-dealkylation sites (N-methyl/N-ethyl adjacent to an activating group) is 1. The summed E-state index contributed by atoms with van der Waals surface area (Å²) in [6.45, 7) is 3.89. The molecule has 8 heteroatoms. The molecule has 0 bridgehead atoms. The Morgan fingerprint density at radius 3 is 2.17 bits per heavy atom. The van der Waals surface area contributed by atoms with Crippen molar-refractivity contribution in [3.63, 3.8) is 0 Å². The van der Waals surface area contributed by atoms with Gasteiger partial charge in [0.05, 0.1) is 10.0 Å². The van der Waals surface area contributed by atoms with Gasteiger partial charge in [-0.2, -0.15) is 0 Å². The van der Waals surface area contributed by atoms with Gasteiger partial charge in [-0.25, -0.2) is 0 Å². The number of rotatable bonds is 4. The van der Waals surface area contributed by atoms with Crippen molar-refractivity contribution in [1.29, 1.82) is 0 Å². The fourth-order valence-electron chi connectivity index (χ4n) is 5.31. The van der Waals surface area contributed by atoms with Gasteiger partial charge in [0.15, 0.2) is 0 Å². The van der Waals surface area contributed by atoms with E-state index in [1.54, 1.807) is 22.8 Å². The van der Waals surface area contributed by atoms with Gasteiger partial charge in [0.2, 0.25) is 11.8 Å². The lowest BCUT2D eigenvalue weighted by molar-refractivity contribution is -0.141. The molecule has 0 radical (unpaired) electrons. The van der Waals surface area contributed by atoms with E-state index in [9.17, 15) is 14.4 Å². The van der Waals surface area contributed by atoms with E-state index in [0.29, 0.717) is 61.1 Å². The minimum Gasteiger partial charge on any atom is -0.343 e. The van der Waals surface area contributed by atoms with Crippen LogP contribution < -0.4 is 0 Å². The van der Waals surface area contributed by atoms with Crippen molar-refractivity contribution in [2.75, 3.05) is 33.2 Å². The zero-order chi connectivity index (χ0) is 25.1. The number of halogens is 2. The first-order valence-corrected chi connectivity index (χ1v) is 12.8. The van der Waals surface area contributed by atoms with E-state index in [-0.39, 0.29) is 35.6 Å². The molecule has 2 aromatic rings. The fourth-order valence-corrected chi connectivity index (χ4v) is 5.62. The number of carbonyl (C=O) groups is 3. The van der Waals surface area contributed by atoms with Crippen LogP contribution in [0.5, 0.6) is 0 Å². The van der Waals surface area contributed by atoms with E-state index < -0.39 is 0 Å². The summed E-state index contributed by atoms with van der Waals surface area (Å²) >= 11 is 12.5. The summed E-state index contributed by atoms with van der Waals surface area (Å²) in [7, 11) is 1.83. The maximum absolute atomic E-state index is 13.5. The monoisotopic (exact) mass is 515 g/mol. The Kier molecular flexibility index (Phi) is 8.02. The number of hydrogen-bond acceptors (Lipinski definition) is 3. The van der Waals surface area contributed by atoms with Crippen molar-refractivity contribution in [3.05, 3.63) is 69.7 Å². The van der Waals surface area contributed by atoms with E-state index in [2.05, 4.69) is 0 Å². The molecule has 0 spiro atoms. The van der Waals surface area contributed by atoms with Crippen molar-refractivity contribution in [3.8, 4) is 0 Å². The Balaban J connectivity index is 1.55.